The van der Waals surface area contributed by atoms with Gasteiger partial charge in [-0.25, -0.2) is 4.98 Å². The van der Waals surface area contributed by atoms with Crippen molar-refractivity contribution in [2.75, 3.05) is 56.3 Å². The predicted octanol–water partition coefficient (Wildman–Crippen LogP) is 3.99. The molecule has 0 aliphatic carbocycles. The van der Waals surface area contributed by atoms with Crippen molar-refractivity contribution in [3.05, 3.63) is 70.6 Å². The molecule has 2 aromatic carbocycles. The van der Waals surface area contributed by atoms with Crippen molar-refractivity contribution in [1.29, 1.82) is 0 Å². The average molecular weight is 500 g/mol. The van der Waals surface area contributed by atoms with Gasteiger partial charge in [0.05, 0.1) is 18.5 Å². The minimum atomic E-state index is -0.166. The lowest BCUT2D eigenvalue weighted by Crippen LogP contribution is -2.44. The first-order chi connectivity index (χ1) is 17.8. The molecule has 0 unspecified atom stereocenters. The second kappa shape index (κ2) is 10.1. The van der Waals surface area contributed by atoms with Crippen LogP contribution in [0, 0.1) is 0 Å². The van der Waals surface area contributed by atoms with E-state index in [1.807, 2.05) is 24.3 Å². The summed E-state index contributed by atoms with van der Waals surface area (Å²) < 4.78 is 7.29. The quantitative estimate of drug-likeness (QED) is 0.384. The molecule has 1 aliphatic rings. The molecule has 0 saturated carbocycles. The number of nitrogens with two attached hydrogens (primary N) is 1. The first kappa shape index (κ1) is 24.6. The van der Waals surface area contributed by atoms with E-state index in [0.29, 0.717) is 28.7 Å². The number of fused-ring (bicyclic) bond motifs is 1. The second-order valence-corrected chi connectivity index (χ2v) is 9.75. The van der Waals surface area contributed by atoms with Gasteiger partial charge in [-0.15, -0.1) is 0 Å². The molecule has 5 rings (SSSR count). The van der Waals surface area contributed by atoms with E-state index >= 15 is 0 Å². The lowest BCUT2D eigenvalue weighted by molar-refractivity contribution is 0.312. The number of likely N-dealkylation sites (N-methyl/N-ethyl adjacent to an activating group) is 1. The van der Waals surface area contributed by atoms with Crippen molar-refractivity contribution in [3.63, 3.8) is 0 Å². The zero-order chi connectivity index (χ0) is 26.1. The van der Waals surface area contributed by atoms with E-state index in [1.165, 1.54) is 0 Å². The number of nitrogen functional groups attached to an aromatic ring is 1. The van der Waals surface area contributed by atoms with Crippen molar-refractivity contribution >= 4 is 34.0 Å². The molecule has 2 aromatic heterocycles. The number of methoxy groups -OCH3 is 1. The highest BCUT2D eigenvalue weighted by atomic mass is 16.5. The Morgan fingerprint density at radius 2 is 1.81 bits per heavy atom. The highest BCUT2D eigenvalue weighted by Crippen LogP contribution is 2.32. The minimum absolute atomic E-state index is 0.135. The van der Waals surface area contributed by atoms with Crippen LogP contribution in [-0.4, -0.2) is 59.8 Å². The fourth-order valence-corrected chi connectivity index (χ4v) is 4.74. The molecule has 9 heteroatoms. The van der Waals surface area contributed by atoms with E-state index in [1.54, 1.807) is 36.1 Å². The van der Waals surface area contributed by atoms with Gasteiger partial charge in [0.1, 0.15) is 5.75 Å². The van der Waals surface area contributed by atoms with Crippen LogP contribution < -0.4 is 26.2 Å². The summed E-state index contributed by atoms with van der Waals surface area (Å²) in [5, 5.41) is 4.12. The van der Waals surface area contributed by atoms with Gasteiger partial charge in [0.15, 0.2) is 5.65 Å². The van der Waals surface area contributed by atoms with Crippen LogP contribution >= 0.6 is 0 Å². The summed E-state index contributed by atoms with van der Waals surface area (Å²) in [4.78, 5) is 27.3. The van der Waals surface area contributed by atoms with Gasteiger partial charge in [0, 0.05) is 61.3 Å². The van der Waals surface area contributed by atoms with Crippen LogP contribution in [0.5, 0.6) is 5.75 Å². The summed E-state index contributed by atoms with van der Waals surface area (Å²) >= 11 is 0. The number of rotatable bonds is 6. The van der Waals surface area contributed by atoms with E-state index in [0.717, 1.165) is 48.5 Å². The first-order valence-corrected chi connectivity index (χ1v) is 12.5. The number of aromatic nitrogens is 3. The van der Waals surface area contributed by atoms with Crippen molar-refractivity contribution in [2.45, 2.75) is 19.8 Å². The third kappa shape index (κ3) is 4.95. The molecule has 1 fully saturated rings. The van der Waals surface area contributed by atoms with Crippen LogP contribution in [0.15, 0.2) is 59.5 Å². The molecule has 4 aromatic rings. The summed E-state index contributed by atoms with van der Waals surface area (Å²) in [6.45, 7) is 8.11. The number of nitrogens with one attached hydrogen (secondary N) is 1. The van der Waals surface area contributed by atoms with Crippen LogP contribution in [0.4, 0.5) is 23.0 Å². The minimum Gasteiger partial charge on any atom is -0.494 e. The summed E-state index contributed by atoms with van der Waals surface area (Å²) in [6.07, 6.45) is 1.77. The standard InChI is InChI=1S/C28H33N7O2/c1-18(2)22-16-26(36)35(21-7-5-6-19(29)14-21)27-23(22)17-30-28(32-27)31-24-9-8-20(15-25(24)37-4)34-12-10-33(3)11-13-34/h5-9,14-18H,10-13,29H2,1-4H3,(H,30,31,32). The number of piperazine rings is 1. The Morgan fingerprint density at radius 1 is 1.03 bits per heavy atom. The van der Waals surface area contributed by atoms with Crippen molar-refractivity contribution in [3.8, 4) is 11.4 Å². The number of pyridine rings is 1. The zero-order valence-corrected chi connectivity index (χ0v) is 21.7. The molecule has 0 amide bonds. The predicted molar refractivity (Wildman–Crippen MR) is 150 cm³/mol. The Bertz CT molecular complexity index is 1490. The summed E-state index contributed by atoms with van der Waals surface area (Å²) in [6, 6.07) is 15.0. The highest BCUT2D eigenvalue weighted by Gasteiger charge is 2.18. The number of ether oxygens (including phenoxy) is 1. The third-order valence-corrected chi connectivity index (χ3v) is 6.84. The van der Waals surface area contributed by atoms with Crippen molar-refractivity contribution in [2.24, 2.45) is 0 Å². The monoisotopic (exact) mass is 499 g/mol. The number of hydrogen-bond donors (Lipinski definition) is 2. The Balaban J connectivity index is 1.56. The molecule has 0 radical (unpaired) electrons. The highest BCUT2D eigenvalue weighted by molar-refractivity contribution is 5.82. The Morgan fingerprint density at radius 3 is 2.51 bits per heavy atom. The molecule has 0 bridgehead atoms. The molecule has 192 valence electrons. The van der Waals surface area contributed by atoms with Gasteiger partial charge in [0.2, 0.25) is 5.95 Å². The fraction of sp³-hybridized carbons (Fsp3) is 0.321. The van der Waals surface area contributed by atoms with Crippen LogP contribution in [0.2, 0.25) is 0 Å². The second-order valence-electron chi connectivity index (χ2n) is 9.75. The molecular formula is C28H33N7O2. The molecule has 1 saturated heterocycles. The largest absolute Gasteiger partial charge is 0.494 e. The van der Waals surface area contributed by atoms with Gasteiger partial charge in [0.25, 0.3) is 5.56 Å². The Kier molecular flexibility index (Phi) is 6.71. The number of hydrogen-bond acceptors (Lipinski definition) is 8. The van der Waals surface area contributed by atoms with Crippen molar-refractivity contribution in [1.82, 2.24) is 19.4 Å². The van der Waals surface area contributed by atoms with Gasteiger partial charge in [-0.05, 0) is 48.9 Å². The summed E-state index contributed by atoms with van der Waals surface area (Å²) in [5.41, 5.74) is 10.4. The van der Waals surface area contributed by atoms with Gasteiger partial charge < -0.3 is 25.6 Å². The maximum Gasteiger partial charge on any atom is 0.257 e. The van der Waals surface area contributed by atoms with E-state index in [-0.39, 0.29) is 11.5 Å². The van der Waals surface area contributed by atoms with Crippen LogP contribution in [0.25, 0.3) is 16.7 Å². The molecule has 9 nitrogen and oxygen atoms in total. The van der Waals surface area contributed by atoms with E-state index in [9.17, 15) is 4.79 Å². The topological polar surface area (TPSA) is 102 Å². The molecule has 3 N–H and O–H groups in total. The Labute approximate surface area is 216 Å². The molecule has 3 heterocycles. The lowest BCUT2D eigenvalue weighted by atomic mass is 10.0. The average Bonchev–Trinajstić information content (AvgIpc) is 2.88. The number of benzene rings is 2. The zero-order valence-electron chi connectivity index (χ0n) is 21.7. The maximum atomic E-state index is 13.3. The first-order valence-electron chi connectivity index (χ1n) is 12.5. The van der Waals surface area contributed by atoms with Crippen LogP contribution in [0.1, 0.15) is 25.3 Å². The SMILES string of the molecule is COc1cc(N2CCN(C)CC2)ccc1Nc1ncc2c(C(C)C)cc(=O)n(-c3cccc(N)c3)c2n1. The normalized spacial score (nSPS) is 14.4. The molecular weight excluding hydrogens is 466 g/mol. The van der Waals surface area contributed by atoms with Gasteiger partial charge in [-0.3, -0.25) is 9.36 Å². The fourth-order valence-electron chi connectivity index (χ4n) is 4.74. The van der Waals surface area contributed by atoms with E-state index < -0.39 is 0 Å². The smallest absolute Gasteiger partial charge is 0.257 e. The maximum absolute atomic E-state index is 13.3. The van der Waals surface area contributed by atoms with Crippen molar-refractivity contribution < 1.29 is 4.74 Å². The summed E-state index contributed by atoms with van der Waals surface area (Å²) in [7, 11) is 3.80. The molecule has 1 aliphatic heterocycles. The van der Waals surface area contributed by atoms with Gasteiger partial charge >= 0.3 is 0 Å². The third-order valence-electron chi connectivity index (χ3n) is 6.84. The van der Waals surface area contributed by atoms with Crippen LogP contribution in [-0.2, 0) is 0 Å². The van der Waals surface area contributed by atoms with Gasteiger partial charge in [-0.1, -0.05) is 19.9 Å². The lowest BCUT2D eigenvalue weighted by Gasteiger charge is -2.34. The van der Waals surface area contributed by atoms with Gasteiger partial charge in [-0.2, -0.15) is 4.98 Å². The van der Waals surface area contributed by atoms with Crippen LogP contribution in [0.3, 0.4) is 0 Å². The number of anilines is 4. The summed E-state index contributed by atoms with van der Waals surface area (Å²) in [5.74, 6) is 1.20. The number of nitrogens with zero attached hydrogens (tertiary/aromatic N) is 5. The van der Waals surface area contributed by atoms with E-state index in [4.69, 9.17) is 15.5 Å². The molecule has 0 atom stereocenters. The Hall–Kier alpha value is -4.11. The molecule has 37 heavy (non-hydrogen) atoms. The van der Waals surface area contributed by atoms with E-state index in [2.05, 4.69) is 47.1 Å². The molecule has 0 spiro atoms.